The quantitative estimate of drug-likeness (QED) is 0.732. The molecule has 1 heterocycles. The highest BCUT2D eigenvalue weighted by atomic mass is 79.9. The summed E-state index contributed by atoms with van der Waals surface area (Å²) in [5, 5.41) is 10.4. The van der Waals surface area contributed by atoms with Crippen molar-refractivity contribution in [2.45, 2.75) is 13.1 Å². The van der Waals surface area contributed by atoms with Crippen LogP contribution >= 0.6 is 15.9 Å². The van der Waals surface area contributed by atoms with Crippen LogP contribution in [-0.2, 0) is 13.1 Å². The molecule has 3 rings (SSSR count). The Morgan fingerprint density at radius 3 is 2.48 bits per heavy atom. The maximum absolute atomic E-state index is 3.97. The van der Waals surface area contributed by atoms with E-state index in [1.54, 1.807) is 6.20 Å². The van der Waals surface area contributed by atoms with Crippen LogP contribution in [0.25, 0.3) is 11.3 Å². The van der Waals surface area contributed by atoms with Gasteiger partial charge in [0, 0.05) is 23.8 Å². The summed E-state index contributed by atoms with van der Waals surface area (Å²) in [6, 6.07) is 18.8. The lowest BCUT2D eigenvalue weighted by Crippen LogP contribution is -2.12. The predicted octanol–water partition coefficient (Wildman–Crippen LogP) is 4.13. The van der Waals surface area contributed by atoms with Gasteiger partial charge < -0.3 is 5.32 Å². The Labute approximate surface area is 132 Å². The first-order chi connectivity index (χ1) is 10.3. The second-order valence-electron chi connectivity index (χ2n) is 4.90. The zero-order valence-corrected chi connectivity index (χ0v) is 13.1. The molecule has 3 nitrogen and oxygen atoms in total. The summed E-state index contributed by atoms with van der Waals surface area (Å²) in [4.78, 5) is 0. The third kappa shape index (κ3) is 3.80. The van der Waals surface area contributed by atoms with E-state index in [9.17, 15) is 0 Å². The topological polar surface area (TPSA) is 40.7 Å². The van der Waals surface area contributed by atoms with Crippen LogP contribution in [0.5, 0.6) is 0 Å². The van der Waals surface area contributed by atoms with Crippen molar-refractivity contribution in [1.82, 2.24) is 15.5 Å². The van der Waals surface area contributed by atoms with E-state index in [1.807, 2.05) is 12.1 Å². The molecule has 2 N–H and O–H groups in total. The zero-order valence-electron chi connectivity index (χ0n) is 11.5. The highest BCUT2D eigenvalue weighted by molar-refractivity contribution is 9.10. The molecule has 0 aliphatic carbocycles. The lowest BCUT2D eigenvalue weighted by atomic mass is 10.1. The van der Waals surface area contributed by atoms with Gasteiger partial charge in [-0.2, -0.15) is 5.10 Å². The molecule has 21 heavy (non-hydrogen) atoms. The predicted molar refractivity (Wildman–Crippen MR) is 88.7 cm³/mol. The van der Waals surface area contributed by atoms with E-state index in [0.717, 1.165) is 28.8 Å². The number of hydrogen-bond donors (Lipinski definition) is 2. The minimum atomic E-state index is 0.857. The zero-order chi connectivity index (χ0) is 14.5. The van der Waals surface area contributed by atoms with E-state index in [0.29, 0.717) is 0 Å². The number of rotatable bonds is 5. The molecule has 0 aliphatic rings. The molecule has 0 saturated carbocycles. The maximum atomic E-state index is 3.97. The highest BCUT2D eigenvalue weighted by Crippen LogP contribution is 2.16. The van der Waals surface area contributed by atoms with Gasteiger partial charge in [0.25, 0.3) is 0 Å². The van der Waals surface area contributed by atoms with Crippen molar-refractivity contribution in [3.8, 4) is 11.3 Å². The average Bonchev–Trinajstić information content (AvgIpc) is 3.02. The first kappa shape index (κ1) is 14.0. The third-order valence-corrected chi connectivity index (χ3v) is 3.81. The first-order valence-corrected chi connectivity index (χ1v) is 7.64. The number of aromatic nitrogens is 2. The van der Waals surface area contributed by atoms with Gasteiger partial charge in [0.1, 0.15) is 0 Å². The Morgan fingerprint density at radius 1 is 0.952 bits per heavy atom. The Bertz CT molecular complexity index is 690. The second-order valence-corrected chi connectivity index (χ2v) is 5.82. The summed E-state index contributed by atoms with van der Waals surface area (Å²) in [7, 11) is 0. The molecule has 0 aliphatic heterocycles. The van der Waals surface area contributed by atoms with Crippen molar-refractivity contribution in [3.05, 3.63) is 76.4 Å². The summed E-state index contributed by atoms with van der Waals surface area (Å²) in [5.74, 6) is 0. The third-order valence-electron chi connectivity index (χ3n) is 3.31. The molecule has 0 spiro atoms. The Balaban J connectivity index is 1.56. The molecule has 4 heteroatoms. The first-order valence-electron chi connectivity index (χ1n) is 6.85. The minimum Gasteiger partial charge on any atom is -0.309 e. The molecule has 3 aromatic rings. The molecule has 0 unspecified atom stereocenters. The Kier molecular flexibility index (Phi) is 4.48. The molecule has 2 aromatic carbocycles. The van der Waals surface area contributed by atoms with Gasteiger partial charge in [-0.3, -0.25) is 5.10 Å². The number of benzene rings is 2. The van der Waals surface area contributed by atoms with Crippen molar-refractivity contribution in [1.29, 1.82) is 0 Å². The van der Waals surface area contributed by atoms with E-state index in [4.69, 9.17) is 0 Å². The maximum Gasteiger partial charge on any atom is 0.0650 e. The van der Waals surface area contributed by atoms with E-state index >= 15 is 0 Å². The van der Waals surface area contributed by atoms with Crippen molar-refractivity contribution < 1.29 is 0 Å². The molecule has 0 radical (unpaired) electrons. The van der Waals surface area contributed by atoms with Gasteiger partial charge in [0.2, 0.25) is 0 Å². The lowest BCUT2D eigenvalue weighted by Gasteiger charge is -2.06. The van der Waals surface area contributed by atoms with Crippen molar-refractivity contribution in [2.24, 2.45) is 0 Å². The SMILES string of the molecule is Brc1cccc(CNCc2ccc(-c3ccn[nH]3)cc2)c1. The largest absolute Gasteiger partial charge is 0.309 e. The van der Waals surface area contributed by atoms with E-state index < -0.39 is 0 Å². The van der Waals surface area contributed by atoms with E-state index in [-0.39, 0.29) is 0 Å². The Hall–Kier alpha value is -1.91. The summed E-state index contributed by atoms with van der Waals surface area (Å²) in [6.45, 7) is 1.72. The van der Waals surface area contributed by atoms with Crippen LogP contribution in [-0.4, -0.2) is 10.2 Å². The molecular formula is C17H16BrN3. The number of nitrogens with zero attached hydrogens (tertiary/aromatic N) is 1. The number of H-pyrrole nitrogens is 1. The fourth-order valence-electron chi connectivity index (χ4n) is 2.22. The molecule has 0 fully saturated rings. The van der Waals surface area contributed by atoms with Crippen LogP contribution in [0.1, 0.15) is 11.1 Å². The minimum absolute atomic E-state index is 0.857. The second kappa shape index (κ2) is 6.70. The summed E-state index contributed by atoms with van der Waals surface area (Å²) >= 11 is 3.49. The van der Waals surface area contributed by atoms with Crippen molar-refractivity contribution >= 4 is 15.9 Å². The molecule has 1 aromatic heterocycles. The van der Waals surface area contributed by atoms with Gasteiger partial charge in [-0.1, -0.05) is 52.3 Å². The van der Waals surface area contributed by atoms with Crippen LogP contribution < -0.4 is 5.32 Å². The van der Waals surface area contributed by atoms with Crippen LogP contribution in [0.2, 0.25) is 0 Å². The molecule has 0 amide bonds. The van der Waals surface area contributed by atoms with Crippen molar-refractivity contribution in [3.63, 3.8) is 0 Å². The molecule has 0 saturated heterocycles. The van der Waals surface area contributed by atoms with Gasteiger partial charge in [0.15, 0.2) is 0 Å². The van der Waals surface area contributed by atoms with Gasteiger partial charge in [-0.15, -0.1) is 0 Å². The standard InChI is InChI=1S/C17H16BrN3/c18-16-3-1-2-14(10-16)12-19-11-13-4-6-15(7-5-13)17-8-9-20-21-17/h1-10,19H,11-12H2,(H,20,21). The van der Waals surface area contributed by atoms with E-state index in [2.05, 4.69) is 73.9 Å². The molecular weight excluding hydrogens is 326 g/mol. The molecule has 0 bridgehead atoms. The fraction of sp³-hybridized carbons (Fsp3) is 0.118. The van der Waals surface area contributed by atoms with Gasteiger partial charge in [-0.05, 0) is 34.9 Å². The molecule has 106 valence electrons. The normalized spacial score (nSPS) is 10.7. The Morgan fingerprint density at radius 2 is 1.76 bits per heavy atom. The lowest BCUT2D eigenvalue weighted by molar-refractivity contribution is 0.693. The summed E-state index contributed by atoms with van der Waals surface area (Å²) in [6.07, 6.45) is 1.77. The summed E-state index contributed by atoms with van der Waals surface area (Å²) in [5.41, 5.74) is 4.75. The van der Waals surface area contributed by atoms with Gasteiger partial charge in [-0.25, -0.2) is 0 Å². The van der Waals surface area contributed by atoms with Crippen molar-refractivity contribution in [2.75, 3.05) is 0 Å². The average molecular weight is 342 g/mol. The number of aromatic amines is 1. The fourth-order valence-corrected chi connectivity index (χ4v) is 2.66. The van der Waals surface area contributed by atoms with Crippen LogP contribution in [0.4, 0.5) is 0 Å². The van der Waals surface area contributed by atoms with Gasteiger partial charge >= 0.3 is 0 Å². The smallest absolute Gasteiger partial charge is 0.0650 e. The number of halogens is 1. The highest BCUT2D eigenvalue weighted by Gasteiger charge is 1.99. The monoisotopic (exact) mass is 341 g/mol. The van der Waals surface area contributed by atoms with Crippen LogP contribution in [0.15, 0.2) is 65.3 Å². The van der Waals surface area contributed by atoms with E-state index in [1.165, 1.54) is 11.1 Å². The van der Waals surface area contributed by atoms with Crippen LogP contribution in [0.3, 0.4) is 0 Å². The number of nitrogens with one attached hydrogen (secondary N) is 2. The molecule has 0 atom stereocenters. The summed E-state index contributed by atoms with van der Waals surface area (Å²) < 4.78 is 1.12. The number of hydrogen-bond acceptors (Lipinski definition) is 2. The van der Waals surface area contributed by atoms with Crippen LogP contribution in [0, 0.1) is 0 Å². The van der Waals surface area contributed by atoms with Gasteiger partial charge in [0.05, 0.1) is 5.69 Å².